The minimum Gasteiger partial charge on any atom is -0.377 e. The van der Waals surface area contributed by atoms with Gasteiger partial charge in [-0.05, 0) is 46.2 Å². The van der Waals surface area contributed by atoms with Crippen molar-refractivity contribution < 1.29 is 4.74 Å². The van der Waals surface area contributed by atoms with Crippen LogP contribution in [0.3, 0.4) is 0 Å². The van der Waals surface area contributed by atoms with Crippen LogP contribution in [0.15, 0.2) is 0 Å². The second-order valence-electron chi connectivity index (χ2n) is 5.56. The maximum atomic E-state index is 9.30. The molecule has 4 heteroatoms. The predicted molar refractivity (Wildman–Crippen MR) is 73.4 cm³/mol. The Morgan fingerprint density at radius 1 is 1.50 bits per heavy atom. The van der Waals surface area contributed by atoms with Crippen LogP contribution in [0.1, 0.15) is 39.5 Å². The second kappa shape index (κ2) is 7.73. The number of likely N-dealkylation sites (N-methyl/N-ethyl adjacent to an activating group) is 1. The van der Waals surface area contributed by atoms with Gasteiger partial charge in [0.25, 0.3) is 0 Å². The zero-order valence-corrected chi connectivity index (χ0v) is 12.0. The van der Waals surface area contributed by atoms with Crippen LogP contribution in [0.4, 0.5) is 0 Å². The lowest BCUT2D eigenvalue weighted by Crippen LogP contribution is -2.51. The molecule has 104 valence electrons. The van der Waals surface area contributed by atoms with E-state index in [1.807, 2.05) is 6.92 Å². The summed E-state index contributed by atoms with van der Waals surface area (Å²) < 4.78 is 5.73. The van der Waals surface area contributed by atoms with Crippen molar-refractivity contribution in [3.05, 3.63) is 0 Å². The van der Waals surface area contributed by atoms with Gasteiger partial charge < -0.3 is 9.64 Å². The first-order valence-corrected chi connectivity index (χ1v) is 7.06. The molecule has 0 saturated carbocycles. The van der Waals surface area contributed by atoms with E-state index < -0.39 is 5.54 Å². The summed E-state index contributed by atoms with van der Waals surface area (Å²) in [6.45, 7) is 7.53. The smallest absolute Gasteiger partial charge is 0.116 e. The lowest BCUT2D eigenvalue weighted by atomic mass is 10.0. The number of nitriles is 1. The SMILES string of the molecule is CCCNC(C)(C#N)CN(C)CC1CCCCO1. The van der Waals surface area contributed by atoms with Gasteiger partial charge in [0.05, 0.1) is 12.2 Å². The minimum absolute atomic E-state index is 0.345. The van der Waals surface area contributed by atoms with Crippen molar-refractivity contribution in [2.45, 2.75) is 51.2 Å². The molecule has 1 fully saturated rings. The molecule has 0 aromatic rings. The van der Waals surface area contributed by atoms with E-state index in [9.17, 15) is 5.26 Å². The number of rotatable bonds is 7. The molecular weight excluding hydrogens is 226 g/mol. The molecule has 1 saturated heterocycles. The number of nitrogens with one attached hydrogen (secondary N) is 1. The average molecular weight is 253 g/mol. The maximum Gasteiger partial charge on any atom is 0.116 e. The number of ether oxygens (including phenoxy) is 1. The first-order valence-electron chi connectivity index (χ1n) is 7.06. The second-order valence-corrected chi connectivity index (χ2v) is 5.56. The van der Waals surface area contributed by atoms with Crippen LogP contribution < -0.4 is 5.32 Å². The molecule has 0 aliphatic carbocycles. The van der Waals surface area contributed by atoms with E-state index in [-0.39, 0.29) is 0 Å². The predicted octanol–water partition coefficient (Wildman–Crippen LogP) is 1.77. The monoisotopic (exact) mass is 253 g/mol. The third-order valence-electron chi connectivity index (χ3n) is 3.39. The van der Waals surface area contributed by atoms with Gasteiger partial charge in [0, 0.05) is 19.7 Å². The summed E-state index contributed by atoms with van der Waals surface area (Å²) in [5, 5.41) is 12.6. The summed E-state index contributed by atoms with van der Waals surface area (Å²) in [7, 11) is 2.07. The molecule has 0 amide bonds. The summed E-state index contributed by atoms with van der Waals surface area (Å²) in [5.41, 5.74) is -0.459. The molecule has 4 nitrogen and oxygen atoms in total. The first kappa shape index (κ1) is 15.4. The fourth-order valence-corrected chi connectivity index (χ4v) is 2.44. The molecule has 18 heavy (non-hydrogen) atoms. The molecule has 1 rings (SSSR count). The van der Waals surface area contributed by atoms with Crippen LogP contribution >= 0.6 is 0 Å². The van der Waals surface area contributed by atoms with Gasteiger partial charge in [-0.2, -0.15) is 5.26 Å². The largest absolute Gasteiger partial charge is 0.377 e. The van der Waals surface area contributed by atoms with Crippen molar-refractivity contribution in [3.63, 3.8) is 0 Å². The highest BCUT2D eigenvalue weighted by Gasteiger charge is 2.26. The zero-order valence-electron chi connectivity index (χ0n) is 12.0. The Hall–Kier alpha value is -0.630. The van der Waals surface area contributed by atoms with E-state index in [0.29, 0.717) is 6.10 Å². The van der Waals surface area contributed by atoms with E-state index in [2.05, 4.69) is 30.3 Å². The average Bonchev–Trinajstić information content (AvgIpc) is 2.37. The van der Waals surface area contributed by atoms with Crippen molar-refractivity contribution >= 4 is 0 Å². The summed E-state index contributed by atoms with van der Waals surface area (Å²) in [5.74, 6) is 0. The number of nitrogens with zero attached hydrogens (tertiary/aromatic N) is 2. The Balaban J connectivity index is 2.36. The van der Waals surface area contributed by atoms with Gasteiger partial charge in [0.2, 0.25) is 0 Å². The maximum absolute atomic E-state index is 9.30. The van der Waals surface area contributed by atoms with Crippen LogP contribution in [0.2, 0.25) is 0 Å². The van der Waals surface area contributed by atoms with Crippen molar-refractivity contribution in [1.82, 2.24) is 10.2 Å². The van der Waals surface area contributed by atoms with Crippen LogP contribution in [0.25, 0.3) is 0 Å². The fourth-order valence-electron chi connectivity index (χ4n) is 2.44. The summed E-state index contributed by atoms with van der Waals surface area (Å²) in [4.78, 5) is 2.21. The van der Waals surface area contributed by atoms with Crippen molar-refractivity contribution in [1.29, 1.82) is 5.26 Å². The van der Waals surface area contributed by atoms with Gasteiger partial charge in [-0.25, -0.2) is 0 Å². The van der Waals surface area contributed by atoms with Gasteiger partial charge in [0.1, 0.15) is 5.54 Å². The molecule has 1 heterocycles. The third kappa shape index (κ3) is 5.34. The number of hydrogen-bond acceptors (Lipinski definition) is 4. The third-order valence-corrected chi connectivity index (χ3v) is 3.39. The Morgan fingerprint density at radius 3 is 2.83 bits per heavy atom. The van der Waals surface area contributed by atoms with E-state index >= 15 is 0 Å². The molecule has 0 radical (unpaired) electrons. The van der Waals surface area contributed by atoms with Gasteiger partial charge in [-0.1, -0.05) is 6.92 Å². The molecule has 1 aliphatic heterocycles. The van der Waals surface area contributed by atoms with Crippen LogP contribution in [-0.4, -0.2) is 49.8 Å². The zero-order chi connectivity index (χ0) is 13.4. The highest BCUT2D eigenvalue weighted by Crippen LogP contribution is 2.14. The molecule has 0 bridgehead atoms. The molecule has 0 aromatic heterocycles. The van der Waals surface area contributed by atoms with Gasteiger partial charge in [-0.3, -0.25) is 5.32 Å². The Bertz CT molecular complexity index is 271. The van der Waals surface area contributed by atoms with Crippen molar-refractivity contribution in [3.8, 4) is 6.07 Å². The van der Waals surface area contributed by atoms with Crippen LogP contribution in [0.5, 0.6) is 0 Å². The molecule has 1 N–H and O–H groups in total. The van der Waals surface area contributed by atoms with Gasteiger partial charge >= 0.3 is 0 Å². The highest BCUT2D eigenvalue weighted by molar-refractivity contribution is 5.05. The molecule has 2 atom stereocenters. The molecule has 2 unspecified atom stereocenters. The first-order chi connectivity index (χ1) is 8.59. The highest BCUT2D eigenvalue weighted by atomic mass is 16.5. The molecule has 1 aliphatic rings. The lowest BCUT2D eigenvalue weighted by molar-refractivity contribution is -0.00357. The summed E-state index contributed by atoms with van der Waals surface area (Å²) in [6, 6.07) is 2.39. The van der Waals surface area contributed by atoms with Gasteiger partial charge in [0.15, 0.2) is 0 Å². The Morgan fingerprint density at radius 2 is 2.28 bits per heavy atom. The Kier molecular flexibility index (Phi) is 6.62. The van der Waals surface area contributed by atoms with Crippen LogP contribution in [0, 0.1) is 11.3 Å². The molecule has 0 spiro atoms. The Labute approximate surface area is 111 Å². The van der Waals surface area contributed by atoms with Crippen molar-refractivity contribution in [2.24, 2.45) is 0 Å². The molecule has 0 aromatic carbocycles. The summed E-state index contributed by atoms with van der Waals surface area (Å²) >= 11 is 0. The fraction of sp³-hybridized carbons (Fsp3) is 0.929. The van der Waals surface area contributed by atoms with E-state index in [0.717, 1.165) is 39.1 Å². The summed E-state index contributed by atoms with van der Waals surface area (Å²) in [6.07, 6.45) is 5.00. The molecular formula is C14H27N3O. The van der Waals surface area contributed by atoms with Crippen molar-refractivity contribution in [2.75, 3.05) is 33.3 Å². The van der Waals surface area contributed by atoms with E-state index in [4.69, 9.17) is 4.74 Å². The topological polar surface area (TPSA) is 48.3 Å². The normalized spacial score (nSPS) is 23.6. The quantitative estimate of drug-likeness (QED) is 0.751. The standard InChI is InChI=1S/C14H27N3O/c1-4-8-16-14(2,11-15)12-17(3)10-13-7-5-6-9-18-13/h13,16H,4-10,12H2,1-3H3. The van der Waals surface area contributed by atoms with Gasteiger partial charge in [-0.15, -0.1) is 0 Å². The minimum atomic E-state index is -0.459. The van der Waals surface area contributed by atoms with E-state index in [1.54, 1.807) is 0 Å². The lowest BCUT2D eigenvalue weighted by Gasteiger charge is -2.32. The number of hydrogen-bond donors (Lipinski definition) is 1. The van der Waals surface area contributed by atoms with E-state index in [1.165, 1.54) is 12.8 Å². The van der Waals surface area contributed by atoms with Crippen LogP contribution in [-0.2, 0) is 4.74 Å².